The molecule has 16 heavy (non-hydrogen) atoms. The predicted molar refractivity (Wildman–Crippen MR) is 57.8 cm³/mol. The van der Waals surface area contributed by atoms with Gasteiger partial charge >= 0.3 is 5.97 Å². The second-order valence-corrected chi connectivity index (χ2v) is 3.54. The van der Waals surface area contributed by atoms with Crippen molar-refractivity contribution in [3.05, 3.63) is 0 Å². The van der Waals surface area contributed by atoms with Crippen LogP contribution in [0.25, 0.3) is 0 Å². The van der Waals surface area contributed by atoms with Crippen LogP contribution in [0.3, 0.4) is 0 Å². The van der Waals surface area contributed by atoms with Crippen molar-refractivity contribution in [2.45, 2.75) is 32.7 Å². The number of carboxylic acid groups (broad SMARTS) is 1. The molecule has 0 aromatic carbocycles. The van der Waals surface area contributed by atoms with E-state index in [0.29, 0.717) is 6.54 Å². The van der Waals surface area contributed by atoms with Gasteiger partial charge in [-0.2, -0.15) is 0 Å². The first-order valence-corrected chi connectivity index (χ1v) is 5.14. The van der Waals surface area contributed by atoms with Gasteiger partial charge in [-0.25, -0.2) is 0 Å². The first-order chi connectivity index (χ1) is 7.38. The summed E-state index contributed by atoms with van der Waals surface area (Å²) in [5, 5.41) is 10.8. The molecule has 6 heteroatoms. The predicted octanol–water partition coefficient (Wildman–Crippen LogP) is -0.166. The molecule has 0 saturated carbocycles. The van der Waals surface area contributed by atoms with Crippen molar-refractivity contribution in [1.82, 2.24) is 10.2 Å². The summed E-state index contributed by atoms with van der Waals surface area (Å²) < 4.78 is 0. The molecule has 0 aliphatic carbocycles. The Bertz CT molecular complexity index is 278. The van der Waals surface area contributed by atoms with E-state index in [-0.39, 0.29) is 18.7 Å². The number of nitrogens with one attached hydrogen (secondary N) is 1. The molecule has 0 aromatic heterocycles. The van der Waals surface area contributed by atoms with E-state index in [1.54, 1.807) is 14.0 Å². The largest absolute Gasteiger partial charge is 0.481 e. The third kappa shape index (κ3) is 5.33. The molecule has 0 saturated heterocycles. The highest BCUT2D eigenvalue weighted by molar-refractivity contribution is 5.88. The second kappa shape index (κ2) is 6.81. The standard InChI is InChI=1S/C10H18N2O4/c1-4-12(3)10(16)7(2)11-8(13)5-6-9(14)15/h7H,4-6H2,1-3H3,(H,11,13)(H,14,15). The maximum absolute atomic E-state index is 11.5. The lowest BCUT2D eigenvalue weighted by Gasteiger charge is -2.20. The Balaban J connectivity index is 4.04. The van der Waals surface area contributed by atoms with E-state index in [1.807, 2.05) is 6.92 Å². The molecule has 0 heterocycles. The van der Waals surface area contributed by atoms with Crippen LogP contribution in [0.15, 0.2) is 0 Å². The van der Waals surface area contributed by atoms with Gasteiger partial charge in [0.15, 0.2) is 0 Å². The molecular weight excluding hydrogens is 212 g/mol. The van der Waals surface area contributed by atoms with Crippen LogP contribution >= 0.6 is 0 Å². The molecule has 0 radical (unpaired) electrons. The van der Waals surface area contributed by atoms with Crippen molar-refractivity contribution in [2.75, 3.05) is 13.6 Å². The molecule has 0 bridgehead atoms. The minimum atomic E-state index is -1.03. The van der Waals surface area contributed by atoms with Gasteiger partial charge in [-0.3, -0.25) is 14.4 Å². The van der Waals surface area contributed by atoms with E-state index in [9.17, 15) is 14.4 Å². The summed E-state index contributed by atoms with van der Waals surface area (Å²) in [5.41, 5.74) is 0. The van der Waals surface area contributed by atoms with E-state index in [0.717, 1.165) is 0 Å². The van der Waals surface area contributed by atoms with Gasteiger partial charge in [0.25, 0.3) is 0 Å². The quantitative estimate of drug-likeness (QED) is 0.663. The summed E-state index contributed by atoms with van der Waals surface area (Å²) in [5.74, 6) is -1.64. The van der Waals surface area contributed by atoms with Crippen LogP contribution in [0.5, 0.6) is 0 Å². The number of aliphatic carboxylic acids is 1. The fourth-order valence-electron chi connectivity index (χ4n) is 1.08. The lowest BCUT2D eigenvalue weighted by Crippen LogP contribution is -2.45. The summed E-state index contributed by atoms with van der Waals surface area (Å²) in [4.78, 5) is 34.5. The van der Waals surface area contributed by atoms with Gasteiger partial charge in [-0.1, -0.05) is 0 Å². The molecule has 0 aliphatic heterocycles. The molecule has 0 fully saturated rings. The highest BCUT2D eigenvalue weighted by Crippen LogP contribution is 1.94. The zero-order valence-corrected chi connectivity index (χ0v) is 9.82. The van der Waals surface area contributed by atoms with Gasteiger partial charge in [-0.15, -0.1) is 0 Å². The molecular formula is C10H18N2O4. The third-order valence-corrected chi connectivity index (χ3v) is 2.16. The van der Waals surface area contributed by atoms with Gasteiger partial charge in [0, 0.05) is 20.0 Å². The van der Waals surface area contributed by atoms with Crippen LogP contribution < -0.4 is 5.32 Å². The Morgan fingerprint density at radius 1 is 1.31 bits per heavy atom. The van der Waals surface area contributed by atoms with Crippen molar-refractivity contribution in [2.24, 2.45) is 0 Å². The lowest BCUT2D eigenvalue weighted by molar-refractivity contribution is -0.139. The van der Waals surface area contributed by atoms with Gasteiger partial charge in [0.05, 0.1) is 6.42 Å². The Morgan fingerprint density at radius 2 is 1.88 bits per heavy atom. The number of rotatable bonds is 6. The maximum Gasteiger partial charge on any atom is 0.303 e. The monoisotopic (exact) mass is 230 g/mol. The molecule has 0 spiro atoms. The van der Waals surface area contributed by atoms with Crippen LogP contribution in [0.4, 0.5) is 0 Å². The number of carboxylic acids is 1. The summed E-state index contributed by atoms with van der Waals surface area (Å²) in [6, 6.07) is -0.619. The SMILES string of the molecule is CCN(C)C(=O)C(C)NC(=O)CCC(=O)O. The Kier molecular flexibility index (Phi) is 6.14. The number of hydrogen-bond acceptors (Lipinski definition) is 3. The second-order valence-electron chi connectivity index (χ2n) is 3.54. The molecule has 2 N–H and O–H groups in total. The normalized spacial score (nSPS) is 11.7. The van der Waals surface area contributed by atoms with Gasteiger partial charge < -0.3 is 15.3 Å². The van der Waals surface area contributed by atoms with Crippen molar-refractivity contribution in [3.63, 3.8) is 0 Å². The van der Waals surface area contributed by atoms with Gasteiger partial charge in [-0.05, 0) is 13.8 Å². The molecule has 92 valence electrons. The fraction of sp³-hybridized carbons (Fsp3) is 0.700. The summed E-state index contributed by atoms with van der Waals surface area (Å²) in [7, 11) is 1.64. The van der Waals surface area contributed by atoms with Gasteiger partial charge in [0.1, 0.15) is 6.04 Å². The van der Waals surface area contributed by atoms with Crippen LogP contribution in [-0.4, -0.2) is 47.4 Å². The third-order valence-electron chi connectivity index (χ3n) is 2.16. The molecule has 1 atom stereocenters. The lowest BCUT2D eigenvalue weighted by atomic mass is 10.2. The Hall–Kier alpha value is -1.59. The first-order valence-electron chi connectivity index (χ1n) is 5.14. The fourth-order valence-corrected chi connectivity index (χ4v) is 1.08. The highest BCUT2D eigenvalue weighted by Gasteiger charge is 2.18. The number of nitrogens with zero attached hydrogens (tertiary/aromatic N) is 1. The van der Waals surface area contributed by atoms with Crippen LogP contribution in [0.1, 0.15) is 26.7 Å². The van der Waals surface area contributed by atoms with Crippen molar-refractivity contribution in [3.8, 4) is 0 Å². The number of carbonyl (C=O) groups excluding carboxylic acids is 2. The molecule has 0 aliphatic rings. The van der Waals surface area contributed by atoms with Crippen LogP contribution in [-0.2, 0) is 14.4 Å². The van der Waals surface area contributed by atoms with E-state index < -0.39 is 17.9 Å². The number of hydrogen-bond donors (Lipinski definition) is 2. The number of amides is 2. The van der Waals surface area contributed by atoms with Crippen molar-refractivity contribution >= 4 is 17.8 Å². The topological polar surface area (TPSA) is 86.7 Å². The average molecular weight is 230 g/mol. The zero-order chi connectivity index (χ0) is 12.7. The summed E-state index contributed by atoms with van der Waals surface area (Å²) >= 11 is 0. The van der Waals surface area contributed by atoms with E-state index in [1.165, 1.54) is 4.90 Å². The minimum absolute atomic E-state index is 0.108. The van der Waals surface area contributed by atoms with Crippen molar-refractivity contribution in [1.29, 1.82) is 0 Å². The first kappa shape index (κ1) is 14.4. The molecule has 0 aromatic rings. The van der Waals surface area contributed by atoms with Crippen LogP contribution in [0.2, 0.25) is 0 Å². The minimum Gasteiger partial charge on any atom is -0.481 e. The maximum atomic E-state index is 11.5. The summed E-state index contributed by atoms with van der Waals surface area (Å²) in [6.45, 7) is 3.97. The van der Waals surface area contributed by atoms with E-state index in [4.69, 9.17) is 5.11 Å². The smallest absolute Gasteiger partial charge is 0.303 e. The Labute approximate surface area is 94.6 Å². The highest BCUT2D eigenvalue weighted by atomic mass is 16.4. The van der Waals surface area contributed by atoms with E-state index in [2.05, 4.69) is 5.32 Å². The van der Waals surface area contributed by atoms with Gasteiger partial charge in [0.2, 0.25) is 11.8 Å². The Morgan fingerprint density at radius 3 is 2.31 bits per heavy atom. The summed E-state index contributed by atoms with van der Waals surface area (Å²) in [6.07, 6.45) is -0.334. The molecule has 0 rings (SSSR count). The molecule has 1 unspecified atom stereocenters. The van der Waals surface area contributed by atoms with Crippen molar-refractivity contribution < 1.29 is 19.5 Å². The molecule has 2 amide bonds. The molecule has 6 nitrogen and oxygen atoms in total. The van der Waals surface area contributed by atoms with Crippen LogP contribution in [0, 0.1) is 0 Å². The number of likely N-dealkylation sites (N-methyl/N-ethyl adjacent to an activating group) is 1. The average Bonchev–Trinajstić information content (AvgIpc) is 2.24. The zero-order valence-electron chi connectivity index (χ0n) is 9.82. The number of carbonyl (C=O) groups is 3. The van der Waals surface area contributed by atoms with E-state index >= 15 is 0 Å².